The standard InChI is InChI=1S/C14H21N3S/c1-9-10(2)18-13-11(9)12(16-8-17-13)15-7-6-14(3,4)5/h8H,6-7H2,1-5H3,(H,15,16,17). The van der Waals surface area contributed by atoms with Gasteiger partial charge in [0.2, 0.25) is 0 Å². The lowest BCUT2D eigenvalue weighted by Crippen LogP contribution is -2.13. The molecule has 0 aliphatic carbocycles. The highest BCUT2D eigenvalue weighted by atomic mass is 32.1. The molecule has 4 heteroatoms. The lowest BCUT2D eigenvalue weighted by molar-refractivity contribution is 0.389. The molecule has 0 aliphatic heterocycles. The zero-order valence-electron chi connectivity index (χ0n) is 11.8. The Balaban J connectivity index is 2.23. The molecule has 0 aliphatic rings. The number of aryl methyl sites for hydroxylation is 2. The zero-order chi connectivity index (χ0) is 13.3. The minimum atomic E-state index is 0.346. The average Bonchev–Trinajstić information content (AvgIpc) is 2.54. The van der Waals surface area contributed by atoms with Gasteiger partial charge >= 0.3 is 0 Å². The number of rotatable bonds is 3. The van der Waals surface area contributed by atoms with Crippen molar-refractivity contribution in [3.8, 4) is 0 Å². The topological polar surface area (TPSA) is 37.8 Å². The lowest BCUT2D eigenvalue weighted by atomic mass is 9.92. The van der Waals surface area contributed by atoms with Crippen molar-refractivity contribution in [2.75, 3.05) is 11.9 Å². The first-order valence-corrected chi connectivity index (χ1v) is 7.15. The molecule has 18 heavy (non-hydrogen) atoms. The molecule has 0 aromatic carbocycles. The maximum Gasteiger partial charge on any atom is 0.138 e. The van der Waals surface area contributed by atoms with Crippen molar-refractivity contribution in [1.82, 2.24) is 9.97 Å². The summed E-state index contributed by atoms with van der Waals surface area (Å²) in [5.74, 6) is 0.978. The van der Waals surface area contributed by atoms with Gasteiger partial charge in [0.15, 0.2) is 0 Å². The molecule has 3 nitrogen and oxygen atoms in total. The Bertz CT molecular complexity index is 552. The van der Waals surface area contributed by atoms with Crippen LogP contribution in [0, 0.1) is 19.3 Å². The largest absolute Gasteiger partial charge is 0.369 e. The third kappa shape index (κ3) is 2.80. The van der Waals surface area contributed by atoms with E-state index in [0.29, 0.717) is 5.41 Å². The number of fused-ring (bicyclic) bond motifs is 1. The molecule has 0 radical (unpaired) electrons. The van der Waals surface area contributed by atoms with Crippen LogP contribution in [0.1, 0.15) is 37.6 Å². The third-order valence-electron chi connectivity index (χ3n) is 3.13. The summed E-state index contributed by atoms with van der Waals surface area (Å²) in [7, 11) is 0. The number of aromatic nitrogens is 2. The summed E-state index contributed by atoms with van der Waals surface area (Å²) in [5, 5.41) is 4.64. The van der Waals surface area contributed by atoms with Crippen LogP contribution in [0.25, 0.3) is 10.2 Å². The third-order valence-corrected chi connectivity index (χ3v) is 4.25. The van der Waals surface area contributed by atoms with Gasteiger partial charge in [-0.1, -0.05) is 20.8 Å². The zero-order valence-corrected chi connectivity index (χ0v) is 12.6. The molecule has 2 aromatic rings. The fourth-order valence-electron chi connectivity index (χ4n) is 1.87. The summed E-state index contributed by atoms with van der Waals surface area (Å²) >= 11 is 1.74. The van der Waals surface area contributed by atoms with Crippen LogP contribution in [0.5, 0.6) is 0 Å². The molecule has 2 rings (SSSR count). The van der Waals surface area contributed by atoms with Gasteiger partial charge in [0.05, 0.1) is 5.39 Å². The second-order valence-corrected chi connectivity index (χ2v) is 7.13. The van der Waals surface area contributed by atoms with Crippen LogP contribution in [-0.2, 0) is 0 Å². The van der Waals surface area contributed by atoms with Crippen molar-refractivity contribution >= 4 is 27.4 Å². The van der Waals surface area contributed by atoms with E-state index in [0.717, 1.165) is 23.6 Å². The first-order chi connectivity index (χ1) is 8.38. The second-order valence-electron chi connectivity index (χ2n) is 5.92. The summed E-state index contributed by atoms with van der Waals surface area (Å²) < 4.78 is 0. The highest BCUT2D eigenvalue weighted by Crippen LogP contribution is 2.32. The van der Waals surface area contributed by atoms with Gasteiger partial charge in [-0.25, -0.2) is 9.97 Å². The van der Waals surface area contributed by atoms with Crippen molar-refractivity contribution < 1.29 is 0 Å². The quantitative estimate of drug-likeness (QED) is 0.903. The maximum atomic E-state index is 4.39. The average molecular weight is 263 g/mol. The van der Waals surface area contributed by atoms with Crippen molar-refractivity contribution in [2.24, 2.45) is 5.41 Å². The first kappa shape index (κ1) is 13.3. The Kier molecular flexibility index (Phi) is 3.57. The lowest BCUT2D eigenvalue weighted by Gasteiger charge is -2.18. The molecule has 0 atom stereocenters. The molecule has 2 heterocycles. The molecule has 0 amide bonds. The smallest absolute Gasteiger partial charge is 0.138 e. The Morgan fingerprint density at radius 3 is 2.61 bits per heavy atom. The summed E-state index contributed by atoms with van der Waals surface area (Å²) in [6.45, 7) is 12.0. The fraction of sp³-hybridized carbons (Fsp3) is 0.571. The van der Waals surface area contributed by atoms with E-state index in [1.807, 2.05) is 0 Å². The number of thiophene rings is 1. The van der Waals surface area contributed by atoms with Crippen molar-refractivity contribution in [2.45, 2.75) is 41.0 Å². The molecule has 0 bridgehead atoms. The van der Waals surface area contributed by atoms with Crippen LogP contribution in [0.3, 0.4) is 0 Å². The summed E-state index contributed by atoms with van der Waals surface area (Å²) in [6, 6.07) is 0. The van der Waals surface area contributed by atoms with Gasteiger partial charge in [-0.2, -0.15) is 0 Å². The van der Waals surface area contributed by atoms with Crippen molar-refractivity contribution in [3.05, 3.63) is 16.8 Å². The minimum absolute atomic E-state index is 0.346. The Labute approximate surface area is 113 Å². The van der Waals surface area contributed by atoms with Crippen LogP contribution in [0.4, 0.5) is 5.82 Å². The van der Waals surface area contributed by atoms with E-state index in [2.05, 4.69) is 49.9 Å². The molecule has 0 spiro atoms. The molecule has 1 N–H and O–H groups in total. The van der Waals surface area contributed by atoms with E-state index in [-0.39, 0.29) is 0 Å². The van der Waals surface area contributed by atoms with Crippen molar-refractivity contribution in [3.63, 3.8) is 0 Å². The number of hydrogen-bond acceptors (Lipinski definition) is 4. The van der Waals surface area contributed by atoms with Gasteiger partial charge in [-0.3, -0.25) is 0 Å². The van der Waals surface area contributed by atoms with E-state index >= 15 is 0 Å². The highest BCUT2D eigenvalue weighted by Gasteiger charge is 2.13. The van der Waals surface area contributed by atoms with Crippen LogP contribution in [0.15, 0.2) is 6.33 Å². The monoisotopic (exact) mass is 263 g/mol. The van der Waals surface area contributed by atoms with Gasteiger partial charge in [0, 0.05) is 11.4 Å². The van der Waals surface area contributed by atoms with Crippen molar-refractivity contribution in [1.29, 1.82) is 0 Å². The van der Waals surface area contributed by atoms with E-state index in [4.69, 9.17) is 0 Å². The SMILES string of the molecule is Cc1sc2ncnc(NCCC(C)(C)C)c2c1C. The normalized spacial score (nSPS) is 12.1. The predicted octanol–water partition coefficient (Wildman–Crippen LogP) is 4.16. The van der Waals surface area contributed by atoms with Crippen LogP contribution in [-0.4, -0.2) is 16.5 Å². The molecule has 0 unspecified atom stereocenters. The van der Waals surface area contributed by atoms with Gasteiger partial charge in [0.1, 0.15) is 17.0 Å². The Morgan fingerprint density at radius 1 is 1.22 bits per heavy atom. The molecule has 0 fully saturated rings. The van der Waals surface area contributed by atoms with E-state index in [1.54, 1.807) is 17.7 Å². The van der Waals surface area contributed by atoms with Crippen LogP contribution in [0.2, 0.25) is 0 Å². The maximum absolute atomic E-state index is 4.39. The molecule has 0 saturated carbocycles. The molecular weight excluding hydrogens is 242 g/mol. The van der Waals surface area contributed by atoms with Gasteiger partial charge < -0.3 is 5.32 Å². The summed E-state index contributed by atoms with van der Waals surface area (Å²) in [6.07, 6.45) is 2.78. The van der Waals surface area contributed by atoms with Gasteiger partial charge in [-0.05, 0) is 31.2 Å². The Hall–Kier alpha value is -1.16. The molecule has 2 aromatic heterocycles. The number of hydrogen-bond donors (Lipinski definition) is 1. The summed E-state index contributed by atoms with van der Waals surface area (Å²) in [4.78, 5) is 11.1. The van der Waals surface area contributed by atoms with Crippen LogP contribution >= 0.6 is 11.3 Å². The number of nitrogens with one attached hydrogen (secondary N) is 1. The summed E-state index contributed by atoms with van der Waals surface area (Å²) in [5.41, 5.74) is 1.65. The molecular formula is C14H21N3S. The first-order valence-electron chi connectivity index (χ1n) is 6.33. The number of nitrogens with zero attached hydrogens (tertiary/aromatic N) is 2. The van der Waals surface area contributed by atoms with Gasteiger partial charge in [-0.15, -0.1) is 11.3 Å². The Morgan fingerprint density at radius 2 is 1.94 bits per heavy atom. The molecule has 98 valence electrons. The highest BCUT2D eigenvalue weighted by molar-refractivity contribution is 7.18. The number of anilines is 1. The minimum Gasteiger partial charge on any atom is -0.369 e. The fourth-order valence-corrected chi connectivity index (χ4v) is 2.87. The predicted molar refractivity (Wildman–Crippen MR) is 79.5 cm³/mol. The van der Waals surface area contributed by atoms with Gasteiger partial charge in [0.25, 0.3) is 0 Å². The van der Waals surface area contributed by atoms with E-state index < -0.39 is 0 Å². The van der Waals surface area contributed by atoms with E-state index in [1.165, 1.54) is 15.8 Å². The molecule has 0 saturated heterocycles. The second kappa shape index (κ2) is 4.84. The van der Waals surface area contributed by atoms with E-state index in [9.17, 15) is 0 Å². The van der Waals surface area contributed by atoms with Crippen LogP contribution < -0.4 is 5.32 Å².